The summed E-state index contributed by atoms with van der Waals surface area (Å²) in [5.74, 6) is -0.207. The SMILES string of the molecule is CCN1CCCC1CN(C)CCC(NC1CC1)C(N)=O. The smallest absolute Gasteiger partial charge is 0.234 e. The van der Waals surface area contributed by atoms with Crippen LogP contribution in [0.2, 0.25) is 0 Å². The molecule has 1 saturated carbocycles. The second-order valence-electron chi connectivity index (χ2n) is 6.37. The number of carbonyl (C=O) groups is 1. The molecule has 116 valence electrons. The van der Waals surface area contributed by atoms with Crippen LogP contribution in [0.1, 0.15) is 39.0 Å². The van der Waals surface area contributed by atoms with Crippen molar-refractivity contribution >= 4 is 5.91 Å². The molecule has 0 bridgehead atoms. The number of carbonyl (C=O) groups excluding carboxylic acids is 1. The second-order valence-corrected chi connectivity index (χ2v) is 6.37. The summed E-state index contributed by atoms with van der Waals surface area (Å²) in [6, 6.07) is 1.06. The summed E-state index contributed by atoms with van der Waals surface area (Å²) in [4.78, 5) is 16.4. The van der Waals surface area contributed by atoms with Gasteiger partial charge in [0.15, 0.2) is 0 Å². The average Bonchev–Trinajstić information content (AvgIpc) is 3.12. The summed E-state index contributed by atoms with van der Waals surface area (Å²) < 4.78 is 0. The van der Waals surface area contributed by atoms with Gasteiger partial charge in [-0.05, 0) is 58.8 Å². The number of likely N-dealkylation sites (tertiary alicyclic amines) is 1. The molecule has 2 rings (SSSR count). The molecule has 2 fully saturated rings. The van der Waals surface area contributed by atoms with Gasteiger partial charge in [-0.3, -0.25) is 9.69 Å². The Balaban J connectivity index is 1.69. The van der Waals surface area contributed by atoms with Crippen LogP contribution < -0.4 is 11.1 Å². The van der Waals surface area contributed by atoms with Gasteiger partial charge in [-0.15, -0.1) is 0 Å². The summed E-state index contributed by atoms with van der Waals surface area (Å²) in [5, 5.41) is 3.35. The van der Waals surface area contributed by atoms with Gasteiger partial charge in [0.05, 0.1) is 6.04 Å². The zero-order valence-corrected chi connectivity index (χ0v) is 13.0. The summed E-state index contributed by atoms with van der Waals surface area (Å²) in [6.45, 7) is 6.65. The standard InChI is InChI=1S/C15H30N4O/c1-3-19-9-4-5-13(19)11-18(2)10-8-14(15(16)20)17-12-6-7-12/h12-14,17H,3-11H2,1-2H3,(H2,16,20). The van der Waals surface area contributed by atoms with Gasteiger partial charge in [-0.2, -0.15) is 0 Å². The molecule has 0 radical (unpaired) electrons. The van der Waals surface area contributed by atoms with E-state index in [9.17, 15) is 4.79 Å². The third kappa shape index (κ3) is 4.72. The Kier molecular flexibility index (Phi) is 5.81. The number of nitrogens with zero attached hydrogens (tertiary/aromatic N) is 2. The first-order chi connectivity index (χ1) is 9.60. The number of likely N-dealkylation sites (N-methyl/N-ethyl adjacent to an activating group) is 2. The van der Waals surface area contributed by atoms with Gasteiger partial charge >= 0.3 is 0 Å². The second kappa shape index (κ2) is 7.38. The first-order valence-electron chi connectivity index (χ1n) is 8.08. The molecule has 0 spiro atoms. The van der Waals surface area contributed by atoms with Crippen molar-refractivity contribution in [3.8, 4) is 0 Å². The fraction of sp³-hybridized carbons (Fsp3) is 0.933. The highest BCUT2D eigenvalue weighted by molar-refractivity contribution is 5.79. The molecule has 1 aliphatic heterocycles. The number of hydrogen-bond acceptors (Lipinski definition) is 4. The minimum Gasteiger partial charge on any atom is -0.368 e. The Hall–Kier alpha value is -0.650. The largest absolute Gasteiger partial charge is 0.368 e. The zero-order chi connectivity index (χ0) is 14.5. The molecular weight excluding hydrogens is 252 g/mol. The maximum Gasteiger partial charge on any atom is 0.234 e. The van der Waals surface area contributed by atoms with E-state index in [4.69, 9.17) is 5.73 Å². The molecule has 0 aromatic rings. The molecule has 2 atom stereocenters. The van der Waals surface area contributed by atoms with Crippen LogP contribution in [0.5, 0.6) is 0 Å². The fourth-order valence-electron chi connectivity index (χ4n) is 3.16. The van der Waals surface area contributed by atoms with Crippen molar-refractivity contribution in [3.05, 3.63) is 0 Å². The summed E-state index contributed by atoms with van der Waals surface area (Å²) in [7, 11) is 2.15. The van der Waals surface area contributed by atoms with Crippen LogP contribution in [-0.4, -0.2) is 67.1 Å². The molecule has 1 heterocycles. The molecule has 5 nitrogen and oxygen atoms in total. The van der Waals surface area contributed by atoms with E-state index in [-0.39, 0.29) is 11.9 Å². The van der Waals surface area contributed by atoms with E-state index in [0.29, 0.717) is 12.1 Å². The van der Waals surface area contributed by atoms with Crippen LogP contribution in [0.4, 0.5) is 0 Å². The van der Waals surface area contributed by atoms with Crippen LogP contribution in [0.15, 0.2) is 0 Å². The van der Waals surface area contributed by atoms with Crippen LogP contribution >= 0.6 is 0 Å². The van der Waals surface area contributed by atoms with Crippen LogP contribution in [0, 0.1) is 0 Å². The van der Waals surface area contributed by atoms with Crippen LogP contribution in [-0.2, 0) is 4.79 Å². The third-order valence-electron chi connectivity index (χ3n) is 4.58. The minimum atomic E-state index is -0.207. The lowest BCUT2D eigenvalue weighted by atomic mass is 10.1. The average molecular weight is 282 g/mol. The molecule has 1 amide bonds. The Morgan fingerprint density at radius 3 is 2.80 bits per heavy atom. The molecule has 20 heavy (non-hydrogen) atoms. The van der Waals surface area contributed by atoms with Gasteiger partial charge in [-0.25, -0.2) is 0 Å². The van der Waals surface area contributed by atoms with Crippen molar-refractivity contribution < 1.29 is 4.79 Å². The van der Waals surface area contributed by atoms with Crippen molar-refractivity contribution in [3.63, 3.8) is 0 Å². The van der Waals surface area contributed by atoms with Crippen LogP contribution in [0.25, 0.3) is 0 Å². The van der Waals surface area contributed by atoms with Gasteiger partial charge in [-0.1, -0.05) is 6.92 Å². The first kappa shape index (κ1) is 15.7. The summed E-state index contributed by atoms with van der Waals surface area (Å²) in [5.41, 5.74) is 5.48. The Morgan fingerprint density at radius 1 is 1.45 bits per heavy atom. The van der Waals surface area contributed by atoms with E-state index in [1.807, 2.05) is 0 Å². The first-order valence-corrected chi connectivity index (χ1v) is 8.08. The molecule has 0 aromatic heterocycles. The molecule has 2 aliphatic rings. The highest BCUT2D eigenvalue weighted by atomic mass is 16.1. The highest BCUT2D eigenvalue weighted by Crippen LogP contribution is 2.20. The fourth-order valence-corrected chi connectivity index (χ4v) is 3.16. The Morgan fingerprint density at radius 2 is 2.20 bits per heavy atom. The molecule has 1 aliphatic carbocycles. The van der Waals surface area contributed by atoms with Crippen molar-refractivity contribution in [2.75, 3.05) is 33.2 Å². The number of nitrogens with two attached hydrogens (primary N) is 1. The predicted molar refractivity (Wildman–Crippen MR) is 81.5 cm³/mol. The van der Waals surface area contributed by atoms with Gasteiger partial charge in [0.2, 0.25) is 5.91 Å². The van der Waals surface area contributed by atoms with Gasteiger partial charge < -0.3 is 16.0 Å². The number of nitrogens with one attached hydrogen (secondary N) is 1. The molecule has 1 saturated heterocycles. The van der Waals surface area contributed by atoms with E-state index in [1.165, 1.54) is 32.2 Å². The lowest BCUT2D eigenvalue weighted by molar-refractivity contribution is -0.120. The predicted octanol–water partition coefficient (Wildman–Crippen LogP) is 0.399. The normalized spacial score (nSPS) is 25.2. The highest BCUT2D eigenvalue weighted by Gasteiger charge is 2.28. The van der Waals surface area contributed by atoms with Crippen LogP contribution in [0.3, 0.4) is 0 Å². The minimum absolute atomic E-state index is 0.157. The number of primary amides is 1. The summed E-state index contributed by atoms with van der Waals surface area (Å²) >= 11 is 0. The van der Waals surface area contributed by atoms with E-state index in [0.717, 1.165) is 26.1 Å². The molecular formula is C15H30N4O. The third-order valence-corrected chi connectivity index (χ3v) is 4.58. The van der Waals surface area contributed by atoms with Crippen molar-refractivity contribution in [2.45, 2.75) is 57.2 Å². The topological polar surface area (TPSA) is 61.6 Å². The molecule has 3 N–H and O–H groups in total. The summed E-state index contributed by atoms with van der Waals surface area (Å²) in [6.07, 6.45) is 5.82. The molecule has 0 aromatic carbocycles. The maximum absolute atomic E-state index is 11.5. The lowest BCUT2D eigenvalue weighted by Crippen LogP contribution is -2.45. The van der Waals surface area contributed by atoms with E-state index >= 15 is 0 Å². The lowest BCUT2D eigenvalue weighted by Gasteiger charge is -2.28. The Labute approximate surface area is 122 Å². The van der Waals surface area contributed by atoms with Gasteiger partial charge in [0, 0.05) is 18.6 Å². The van der Waals surface area contributed by atoms with E-state index in [2.05, 4.69) is 29.1 Å². The number of hydrogen-bond donors (Lipinski definition) is 2. The van der Waals surface area contributed by atoms with E-state index < -0.39 is 0 Å². The molecule has 5 heteroatoms. The molecule has 2 unspecified atom stereocenters. The number of amides is 1. The number of rotatable bonds is 9. The van der Waals surface area contributed by atoms with Crippen molar-refractivity contribution in [1.82, 2.24) is 15.1 Å². The van der Waals surface area contributed by atoms with Crippen molar-refractivity contribution in [2.24, 2.45) is 5.73 Å². The Bertz CT molecular complexity index is 319. The maximum atomic E-state index is 11.5. The van der Waals surface area contributed by atoms with Gasteiger partial charge in [0.25, 0.3) is 0 Å². The zero-order valence-electron chi connectivity index (χ0n) is 13.0. The van der Waals surface area contributed by atoms with Crippen molar-refractivity contribution in [1.29, 1.82) is 0 Å². The van der Waals surface area contributed by atoms with E-state index in [1.54, 1.807) is 0 Å². The monoisotopic (exact) mass is 282 g/mol. The van der Waals surface area contributed by atoms with Gasteiger partial charge in [0.1, 0.15) is 0 Å². The quantitative estimate of drug-likeness (QED) is 0.642.